The molecule has 0 aliphatic heterocycles. The summed E-state index contributed by atoms with van der Waals surface area (Å²) in [6, 6.07) is 5.58. The number of hydrogen-bond donors (Lipinski definition) is 0. The van der Waals surface area contributed by atoms with Gasteiger partial charge in [-0.1, -0.05) is 18.7 Å². The summed E-state index contributed by atoms with van der Waals surface area (Å²) < 4.78 is 6.31. The smallest absolute Gasteiger partial charge is 0.419 e. The molecule has 0 fully saturated rings. The third kappa shape index (κ3) is 1.69. The highest BCUT2D eigenvalue weighted by Crippen LogP contribution is 2.15. The van der Waals surface area contributed by atoms with Crippen molar-refractivity contribution in [3.63, 3.8) is 0 Å². The van der Waals surface area contributed by atoms with Crippen LogP contribution in [0.3, 0.4) is 0 Å². The van der Waals surface area contributed by atoms with Gasteiger partial charge >= 0.3 is 6.09 Å². The average molecular weight is 216 g/mol. The maximum Gasteiger partial charge on any atom is 0.419 e. The van der Waals surface area contributed by atoms with Crippen LogP contribution in [0.25, 0.3) is 17.1 Å². The van der Waals surface area contributed by atoms with Gasteiger partial charge in [-0.3, -0.25) is 0 Å². The molecule has 82 valence electrons. The van der Waals surface area contributed by atoms with Gasteiger partial charge in [-0.15, -0.1) is 0 Å². The number of hydrogen-bond acceptors (Lipinski definition) is 3. The van der Waals surface area contributed by atoms with Gasteiger partial charge in [0.15, 0.2) is 0 Å². The Balaban J connectivity index is 2.49. The zero-order valence-corrected chi connectivity index (χ0v) is 9.01. The molecule has 0 saturated heterocycles. The van der Waals surface area contributed by atoms with Crippen molar-refractivity contribution < 1.29 is 9.53 Å². The third-order valence-corrected chi connectivity index (χ3v) is 2.27. The van der Waals surface area contributed by atoms with Crippen molar-refractivity contribution in [3.05, 3.63) is 36.7 Å². The number of aromatic nitrogens is 2. The molecule has 0 radical (unpaired) electrons. The maximum absolute atomic E-state index is 11.6. The Labute approximate surface area is 93.2 Å². The highest BCUT2D eigenvalue weighted by Gasteiger charge is 2.10. The molecule has 0 unspecified atom stereocenters. The van der Waals surface area contributed by atoms with Crippen molar-refractivity contribution in [1.29, 1.82) is 0 Å². The Morgan fingerprint density at radius 1 is 1.62 bits per heavy atom. The van der Waals surface area contributed by atoms with E-state index in [0.717, 1.165) is 16.6 Å². The van der Waals surface area contributed by atoms with E-state index in [1.165, 1.54) is 10.9 Å². The SMILES string of the molecule is C=Cc1ccc2c(c1)ncn2C(=O)OCC. The quantitative estimate of drug-likeness (QED) is 0.775. The van der Waals surface area contributed by atoms with Gasteiger partial charge in [0, 0.05) is 0 Å². The monoisotopic (exact) mass is 216 g/mol. The molecule has 2 aromatic rings. The predicted molar refractivity (Wildman–Crippen MR) is 62.2 cm³/mol. The Morgan fingerprint density at radius 3 is 3.12 bits per heavy atom. The molecule has 2 rings (SSSR count). The highest BCUT2D eigenvalue weighted by atomic mass is 16.5. The van der Waals surface area contributed by atoms with E-state index in [0.29, 0.717) is 6.61 Å². The van der Waals surface area contributed by atoms with Crippen LogP contribution < -0.4 is 0 Å². The number of carbonyl (C=O) groups is 1. The van der Waals surface area contributed by atoms with Gasteiger partial charge in [0.1, 0.15) is 6.33 Å². The molecule has 4 nitrogen and oxygen atoms in total. The number of fused-ring (bicyclic) bond motifs is 1. The minimum absolute atomic E-state index is 0.350. The van der Waals surface area contributed by atoms with Crippen molar-refractivity contribution in [2.75, 3.05) is 6.61 Å². The van der Waals surface area contributed by atoms with Crippen LogP contribution in [-0.4, -0.2) is 22.3 Å². The Kier molecular flexibility index (Phi) is 2.72. The second-order valence-electron chi connectivity index (χ2n) is 3.27. The first-order chi connectivity index (χ1) is 7.76. The van der Waals surface area contributed by atoms with E-state index in [4.69, 9.17) is 4.74 Å². The van der Waals surface area contributed by atoms with Crippen molar-refractivity contribution in [1.82, 2.24) is 9.55 Å². The fraction of sp³-hybridized carbons (Fsp3) is 0.167. The molecule has 0 bridgehead atoms. The summed E-state index contributed by atoms with van der Waals surface area (Å²) in [5.74, 6) is 0. The molecule has 0 spiro atoms. The number of imidazole rings is 1. The Morgan fingerprint density at radius 2 is 2.44 bits per heavy atom. The van der Waals surface area contributed by atoms with Gasteiger partial charge < -0.3 is 4.74 Å². The summed E-state index contributed by atoms with van der Waals surface area (Å²) in [5, 5.41) is 0. The van der Waals surface area contributed by atoms with Crippen LogP contribution in [0.4, 0.5) is 4.79 Å². The maximum atomic E-state index is 11.6. The summed E-state index contributed by atoms with van der Waals surface area (Å²) in [4.78, 5) is 15.7. The standard InChI is InChI=1S/C12H12N2O2/c1-3-9-5-6-11-10(7-9)13-8-14(11)12(15)16-4-2/h3,5-8H,1,4H2,2H3. The predicted octanol–water partition coefficient (Wildman–Crippen LogP) is 2.68. The highest BCUT2D eigenvalue weighted by molar-refractivity contribution is 5.87. The number of nitrogens with zero attached hydrogens (tertiary/aromatic N) is 2. The summed E-state index contributed by atoms with van der Waals surface area (Å²) in [7, 11) is 0. The molecule has 1 aromatic heterocycles. The van der Waals surface area contributed by atoms with E-state index in [1.807, 2.05) is 18.2 Å². The van der Waals surface area contributed by atoms with Crippen LogP contribution in [-0.2, 0) is 4.74 Å². The first-order valence-electron chi connectivity index (χ1n) is 5.03. The third-order valence-electron chi connectivity index (χ3n) is 2.27. The largest absolute Gasteiger partial charge is 0.449 e. The first-order valence-corrected chi connectivity index (χ1v) is 5.03. The Bertz CT molecular complexity index is 543. The summed E-state index contributed by atoms with van der Waals surface area (Å²) in [6.07, 6.45) is 2.80. The zero-order chi connectivity index (χ0) is 11.5. The van der Waals surface area contributed by atoms with Crippen LogP contribution in [0.15, 0.2) is 31.1 Å². The van der Waals surface area contributed by atoms with Gasteiger partial charge in [0.05, 0.1) is 17.6 Å². The van der Waals surface area contributed by atoms with Crippen LogP contribution in [0.5, 0.6) is 0 Å². The second-order valence-corrected chi connectivity index (χ2v) is 3.27. The van der Waals surface area contributed by atoms with E-state index in [-0.39, 0.29) is 0 Å². The zero-order valence-electron chi connectivity index (χ0n) is 9.01. The van der Waals surface area contributed by atoms with Gasteiger partial charge in [0.25, 0.3) is 0 Å². The normalized spacial score (nSPS) is 10.3. The topological polar surface area (TPSA) is 44.1 Å². The van der Waals surface area contributed by atoms with Crippen molar-refractivity contribution in [3.8, 4) is 0 Å². The van der Waals surface area contributed by atoms with E-state index in [1.54, 1.807) is 13.0 Å². The molecule has 0 aliphatic carbocycles. The second kappa shape index (κ2) is 4.18. The van der Waals surface area contributed by atoms with E-state index in [9.17, 15) is 4.79 Å². The summed E-state index contributed by atoms with van der Waals surface area (Å²) >= 11 is 0. The lowest BCUT2D eigenvalue weighted by molar-refractivity contribution is 0.155. The number of benzene rings is 1. The van der Waals surface area contributed by atoms with Crippen LogP contribution in [0.2, 0.25) is 0 Å². The molecule has 0 N–H and O–H groups in total. The van der Waals surface area contributed by atoms with E-state index < -0.39 is 6.09 Å². The molecule has 16 heavy (non-hydrogen) atoms. The first kappa shape index (κ1) is 10.4. The van der Waals surface area contributed by atoms with Gasteiger partial charge in [-0.25, -0.2) is 14.3 Å². The average Bonchev–Trinajstić information content (AvgIpc) is 2.71. The molecular formula is C12H12N2O2. The minimum Gasteiger partial charge on any atom is -0.449 e. The van der Waals surface area contributed by atoms with Gasteiger partial charge in [-0.05, 0) is 24.6 Å². The molecule has 1 heterocycles. The number of carbonyl (C=O) groups excluding carboxylic acids is 1. The molecule has 0 atom stereocenters. The lowest BCUT2D eigenvalue weighted by atomic mass is 10.2. The van der Waals surface area contributed by atoms with Crippen LogP contribution in [0, 0.1) is 0 Å². The number of ether oxygens (including phenoxy) is 1. The lowest BCUT2D eigenvalue weighted by Gasteiger charge is -2.02. The van der Waals surface area contributed by atoms with Gasteiger partial charge in [0.2, 0.25) is 0 Å². The van der Waals surface area contributed by atoms with Crippen LogP contribution >= 0.6 is 0 Å². The number of rotatable bonds is 2. The van der Waals surface area contributed by atoms with Crippen LogP contribution in [0.1, 0.15) is 12.5 Å². The molecule has 4 heteroatoms. The van der Waals surface area contributed by atoms with E-state index >= 15 is 0 Å². The Hall–Kier alpha value is -2.10. The minimum atomic E-state index is -0.406. The van der Waals surface area contributed by atoms with Gasteiger partial charge in [-0.2, -0.15) is 0 Å². The molecule has 1 aromatic carbocycles. The van der Waals surface area contributed by atoms with E-state index in [2.05, 4.69) is 11.6 Å². The summed E-state index contributed by atoms with van der Waals surface area (Å²) in [6.45, 7) is 5.80. The molecular weight excluding hydrogens is 204 g/mol. The molecule has 0 aliphatic rings. The fourth-order valence-electron chi connectivity index (χ4n) is 1.50. The molecule has 0 amide bonds. The van der Waals surface area contributed by atoms with Crippen molar-refractivity contribution in [2.24, 2.45) is 0 Å². The van der Waals surface area contributed by atoms with Crippen molar-refractivity contribution >= 4 is 23.2 Å². The summed E-state index contributed by atoms with van der Waals surface area (Å²) in [5.41, 5.74) is 2.47. The molecule has 0 saturated carbocycles. The lowest BCUT2D eigenvalue weighted by Crippen LogP contribution is -2.11. The van der Waals surface area contributed by atoms with Crippen molar-refractivity contribution in [2.45, 2.75) is 6.92 Å². The fourth-order valence-corrected chi connectivity index (χ4v) is 1.50.